The van der Waals surface area contributed by atoms with E-state index in [1.54, 1.807) is 6.07 Å². The van der Waals surface area contributed by atoms with E-state index in [1.165, 1.54) is 11.8 Å². The Morgan fingerprint density at radius 2 is 2.00 bits per heavy atom. The quantitative estimate of drug-likeness (QED) is 0.810. The standard InChI is InChI=1S/C18H18ClNO3S/c1-12-14(19)4-2-5-15(12)20-18(21)11-24-13-6-7-16-17(10-13)23-9-3-8-22-16/h2,4-7,10H,3,8-9,11H2,1H3,(H,20,21). The van der Waals surface area contributed by atoms with Gasteiger partial charge in [-0.05, 0) is 42.8 Å². The van der Waals surface area contributed by atoms with Gasteiger partial charge in [0.15, 0.2) is 11.5 Å². The highest BCUT2D eigenvalue weighted by molar-refractivity contribution is 8.00. The Kier molecular flexibility index (Phi) is 5.53. The van der Waals surface area contributed by atoms with E-state index in [0.717, 1.165) is 34.1 Å². The molecule has 3 rings (SSSR count). The van der Waals surface area contributed by atoms with Crippen molar-refractivity contribution in [3.05, 3.63) is 47.0 Å². The van der Waals surface area contributed by atoms with Gasteiger partial charge in [0.25, 0.3) is 0 Å². The number of anilines is 1. The maximum absolute atomic E-state index is 12.2. The fraction of sp³-hybridized carbons (Fsp3) is 0.278. The summed E-state index contributed by atoms with van der Waals surface area (Å²) >= 11 is 7.53. The maximum atomic E-state index is 12.2. The molecule has 0 spiro atoms. The molecule has 1 amide bonds. The molecule has 2 aromatic rings. The molecule has 0 radical (unpaired) electrons. The number of hydrogen-bond acceptors (Lipinski definition) is 4. The molecule has 0 saturated carbocycles. The zero-order valence-corrected chi connectivity index (χ0v) is 14.9. The molecule has 1 heterocycles. The summed E-state index contributed by atoms with van der Waals surface area (Å²) in [4.78, 5) is 13.1. The van der Waals surface area contributed by atoms with Crippen LogP contribution in [0.3, 0.4) is 0 Å². The minimum absolute atomic E-state index is 0.0718. The first kappa shape index (κ1) is 17.0. The van der Waals surface area contributed by atoms with Crippen LogP contribution in [0.1, 0.15) is 12.0 Å². The van der Waals surface area contributed by atoms with Crippen molar-refractivity contribution in [2.24, 2.45) is 0 Å². The molecule has 2 aromatic carbocycles. The van der Waals surface area contributed by atoms with Crippen LogP contribution in [0.15, 0.2) is 41.3 Å². The number of thioether (sulfide) groups is 1. The number of carbonyl (C=O) groups is 1. The third-order valence-corrected chi connectivity index (χ3v) is 5.03. The van der Waals surface area contributed by atoms with E-state index in [9.17, 15) is 4.79 Å². The highest BCUT2D eigenvalue weighted by Gasteiger charge is 2.12. The highest BCUT2D eigenvalue weighted by atomic mass is 35.5. The van der Waals surface area contributed by atoms with Gasteiger partial charge in [-0.3, -0.25) is 4.79 Å². The van der Waals surface area contributed by atoms with Crippen LogP contribution in [0.5, 0.6) is 11.5 Å². The molecule has 126 valence electrons. The molecule has 4 nitrogen and oxygen atoms in total. The van der Waals surface area contributed by atoms with Crippen molar-refractivity contribution in [1.82, 2.24) is 0 Å². The molecule has 0 fully saturated rings. The summed E-state index contributed by atoms with van der Waals surface area (Å²) in [6.45, 7) is 3.20. The van der Waals surface area contributed by atoms with Crippen LogP contribution >= 0.6 is 23.4 Å². The predicted octanol–water partition coefficient (Wildman–Crippen LogP) is 4.54. The topological polar surface area (TPSA) is 47.6 Å². The predicted molar refractivity (Wildman–Crippen MR) is 97.6 cm³/mol. The number of amides is 1. The van der Waals surface area contributed by atoms with E-state index in [0.29, 0.717) is 24.0 Å². The van der Waals surface area contributed by atoms with Gasteiger partial charge in [0.1, 0.15) is 0 Å². The van der Waals surface area contributed by atoms with Crippen molar-refractivity contribution >= 4 is 35.0 Å². The van der Waals surface area contributed by atoms with Crippen molar-refractivity contribution in [2.45, 2.75) is 18.2 Å². The zero-order valence-electron chi connectivity index (χ0n) is 13.3. The van der Waals surface area contributed by atoms with Crippen molar-refractivity contribution in [3.63, 3.8) is 0 Å². The lowest BCUT2D eigenvalue weighted by Crippen LogP contribution is -2.14. The minimum atomic E-state index is -0.0718. The minimum Gasteiger partial charge on any atom is -0.490 e. The Hall–Kier alpha value is -1.85. The Morgan fingerprint density at radius 1 is 1.21 bits per heavy atom. The van der Waals surface area contributed by atoms with Crippen LogP contribution in [-0.2, 0) is 4.79 Å². The number of nitrogens with one attached hydrogen (secondary N) is 1. The smallest absolute Gasteiger partial charge is 0.234 e. The fourth-order valence-corrected chi connectivity index (χ4v) is 3.21. The van der Waals surface area contributed by atoms with Crippen LogP contribution in [0.25, 0.3) is 0 Å². The largest absolute Gasteiger partial charge is 0.490 e. The van der Waals surface area contributed by atoms with E-state index in [1.807, 2.05) is 37.3 Å². The summed E-state index contributed by atoms with van der Waals surface area (Å²) in [6, 6.07) is 11.2. The van der Waals surface area contributed by atoms with Gasteiger partial charge in [-0.2, -0.15) is 0 Å². The van der Waals surface area contributed by atoms with Gasteiger partial charge in [-0.25, -0.2) is 0 Å². The zero-order chi connectivity index (χ0) is 16.9. The summed E-state index contributed by atoms with van der Waals surface area (Å²) in [5, 5.41) is 3.54. The molecule has 24 heavy (non-hydrogen) atoms. The van der Waals surface area contributed by atoms with Crippen LogP contribution in [0.2, 0.25) is 5.02 Å². The third-order valence-electron chi connectivity index (χ3n) is 3.63. The molecular weight excluding hydrogens is 346 g/mol. The molecule has 0 bridgehead atoms. The molecule has 0 aliphatic carbocycles. The van der Waals surface area contributed by atoms with Gasteiger partial charge < -0.3 is 14.8 Å². The van der Waals surface area contributed by atoms with Gasteiger partial charge in [0, 0.05) is 22.0 Å². The maximum Gasteiger partial charge on any atom is 0.234 e. The molecule has 0 aromatic heterocycles. The SMILES string of the molecule is Cc1c(Cl)cccc1NC(=O)CSc1ccc2c(c1)OCCCO2. The van der Waals surface area contributed by atoms with Gasteiger partial charge in [0.05, 0.1) is 19.0 Å². The summed E-state index contributed by atoms with van der Waals surface area (Å²) in [5.41, 5.74) is 1.61. The van der Waals surface area contributed by atoms with Crippen molar-refractivity contribution in [3.8, 4) is 11.5 Å². The number of halogens is 1. The first-order valence-electron chi connectivity index (χ1n) is 7.71. The van der Waals surface area contributed by atoms with E-state index in [4.69, 9.17) is 21.1 Å². The van der Waals surface area contributed by atoms with Crippen LogP contribution < -0.4 is 14.8 Å². The molecule has 0 saturated heterocycles. The van der Waals surface area contributed by atoms with Gasteiger partial charge >= 0.3 is 0 Å². The Morgan fingerprint density at radius 3 is 2.83 bits per heavy atom. The number of carbonyl (C=O) groups excluding carboxylic acids is 1. The average molecular weight is 364 g/mol. The molecular formula is C18H18ClNO3S. The number of fused-ring (bicyclic) bond motifs is 1. The Balaban J connectivity index is 1.60. The lowest BCUT2D eigenvalue weighted by Gasteiger charge is -2.11. The van der Waals surface area contributed by atoms with E-state index in [-0.39, 0.29) is 5.91 Å². The van der Waals surface area contributed by atoms with Crippen LogP contribution in [0, 0.1) is 6.92 Å². The van der Waals surface area contributed by atoms with Crippen molar-refractivity contribution in [1.29, 1.82) is 0 Å². The first-order chi connectivity index (χ1) is 11.6. The molecule has 6 heteroatoms. The molecule has 1 aliphatic rings. The van der Waals surface area contributed by atoms with Crippen LogP contribution in [-0.4, -0.2) is 24.9 Å². The number of rotatable bonds is 4. The first-order valence-corrected chi connectivity index (χ1v) is 9.07. The second kappa shape index (κ2) is 7.81. The highest BCUT2D eigenvalue weighted by Crippen LogP contribution is 2.34. The van der Waals surface area contributed by atoms with E-state index < -0.39 is 0 Å². The van der Waals surface area contributed by atoms with Gasteiger partial charge in [-0.15, -0.1) is 11.8 Å². The van der Waals surface area contributed by atoms with E-state index in [2.05, 4.69) is 5.32 Å². The van der Waals surface area contributed by atoms with Gasteiger partial charge in [0.2, 0.25) is 5.91 Å². The van der Waals surface area contributed by atoms with Crippen molar-refractivity contribution < 1.29 is 14.3 Å². The average Bonchev–Trinajstić information content (AvgIpc) is 2.82. The Labute approximate surface area is 150 Å². The lowest BCUT2D eigenvalue weighted by atomic mass is 10.2. The normalized spacial score (nSPS) is 13.2. The van der Waals surface area contributed by atoms with Gasteiger partial charge in [-0.1, -0.05) is 17.7 Å². The number of benzene rings is 2. The molecule has 1 aliphatic heterocycles. The summed E-state index contributed by atoms with van der Waals surface area (Å²) in [6.07, 6.45) is 0.874. The number of ether oxygens (including phenoxy) is 2. The lowest BCUT2D eigenvalue weighted by molar-refractivity contribution is -0.113. The second-order valence-corrected chi connectivity index (χ2v) is 6.86. The van der Waals surface area contributed by atoms with Crippen molar-refractivity contribution in [2.75, 3.05) is 24.3 Å². The summed E-state index contributed by atoms with van der Waals surface area (Å²) in [5.74, 6) is 1.74. The second-order valence-electron chi connectivity index (χ2n) is 5.41. The number of hydrogen-bond donors (Lipinski definition) is 1. The molecule has 0 unspecified atom stereocenters. The monoisotopic (exact) mass is 363 g/mol. The Bertz CT molecular complexity index is 751. The summed E-state index contributed by atoms with van der Waals surface area (Å²) < 4.78 is 11.3. The third kappa shape index (κ3) is 4.16. The van der Waals surface area contributed by atoms with E-state index >= 15 is 0 Å². The van der Waals surface area contributed by atoms with Crippen LogP contribution in [0.4, 0.5) is 5.69 Å². The molecule has 0 atom stereocenters. The fourth-order valence-electron chi connectivity index (χ4n) is 2.31. The summed E-state index contributed by atoms with van der Waals surface area (Å²) in [7, 11) is 0. The molecule has 1 N–H and O–H groups in total.